The molecule has 1 aliphatic rings. The van der Waals surface area contributed by atoms with Crippen molar-refractivity contribution < 1.29 is 17.9 Å². The fourth-order valence-electron chi connectivity index (χ4n) is 4.05. The van der Waals surface area contributed by atoms with E-state index in [1.807, 2.05) is 54.6 Å². The summed E-state index contributed by atoms with van der Waals surface area (Å²) in [6.45, 7) is 0. The molecular weight excluding hydrogens is 408 g/mol. The zero-order chi connectivity index (χ0) is 21.0. The normalized spacial score (nSPS) is 12.6. The molecule has 0 N–H and O–H groups in total. The monoisotopic (exact) mass is 424 g/mol. The Balaban J connectivity index is 1.61. The molecule has 5 aromatic rings. The summed E-state index contributed by atoms with van der Waals surface area (Å²) in [4.78, 5) is 0.434. The first kappa shape index (κ1) is 18.0. The van der Waals surface area contributed by atoms with E-state index >= 15 is 0 Å². The number of benzene rings is 5. The topological polar surface area (TPSA) is 52.6 Å². The second-order valence-electron chi connectivity index (χ2n) is 7.38. The molecule has 0 saturated heterocycles. The van der Waals surface area contributed by atoms with E-state index in [2.05, 4.69) is 0 Å². The lowest BCUT2D eigenvalue weighted by Crippen LogP contribution is -2.06. The van der Waals surface area contributed by atoms with Gasteiger partial charge in [-0.1, -0.05) is 72.8 Å². The molecule has 0 aromatic heterocycles. The van der Waals surface area contributed by atoms with Gasteiger partial charge >= 0.3 is 0 Å². The predicted molar refractivity (Wildman–Crippen MR) is 120 cm³/mol. The molecule has 0 amide bonds. The van der Waals surface area contributed by atoms with Crippen LogP contribution >= 0.6 is 0 Å². The second-order valence-corrected chi connectivity index (χ2v) is 9.30. The highest BCUT2D eigenvalue weighted by molar-refractivity contribution is 7.91. The minimum atomic E-state index is -3.75. The predicted octanol–water partition coefficient (Wildman–Crippen LogP) is 6.72. The first-order valence-electron chi connectivity index (χ1n) is 9.86. The first-order chi connectivity index (χ1) is 15.1. The van der Waals surface area contributed by atoms with Crippen molar-refractivity contribution in [2.75, 3.05) is 0 Å². The van der Waals surface area contributed by atoms with Crippen LogP contribution in [0.5, 0.6) is 23.0 Å². The Morgan fingerprint density at radius 3 is 2.00 bits per heavy atom. The Morgan fingerprint density at radius 2 is 1.19 bits per heavy atom. The summed E-state index contributed by atoms with van der Waals surface area (Å²) in [6.07, 6.45) is 0. The van der Waals surface area contributed by atoms with E-state index < -0.39 is 9.84 Å². The molecule has 0 fully saturated rings. The standard InChI is InChI=1S/C26H16O4S/c27-31(28,18-9-2-1-3-10-18)24-16-23-26(21-13-7-6-12-20(21)24)30-25-19-11-5-4-8-17(19)14-15-22(25)29-23/h1-16H. The van der Waals surface area contributed by atoms with Gasteiger partial charge < -0.3 is 9.47 Å². The number of hydrogen-bond acceptors (Lipinski definition) is 4. The van der Waals surface area contributed by atoms with Crippen molar-refractivity contribution in [3.05, 3.63) is 97.1 Å². The molecule has 4 nitrogen and oxygen atoms in total. The van der Waals surface area contributed by atoms with Gasteiger partial charge in [0.25, 0.3) is 0 Å². The molecule has 0 unspecified atom stereocenters. The fraction of sp³-hybridized carbons (Fsp3) is 0. The largest absolute Gasteiger partial charge is 0.449 e. The zero-order valence-electron chi connectivity index (χ0n) is 16.3. The average Bonchev–Trinajstić information content (AvgIpc) is 2.83. The van der Waals surface area contributed by atoms with Crippen LogP contribution in [0.4, 0.5) is 0 Å². The highest BCUT2D eigenvalue weighted by Gasteiger charge is 2.28. The summed E-state index contributed by atoms with van der Waals surface area (Å²) in [5.74, 6) is 2.10. The lowest BCUT2D eigenvalue weighted by Gasteiger charge is -2.24. The van der Waals surface area contributed by atoms with Crippen molar-refractivity contribution in [2.45, 2.75) is 9.79 Å². The van der Waals surface area contributed by atoms with Crippen LogP contribution < -0.4 is 9.47 Å². The Hall–Kier alpha value is -3.83. The number of fused-ring (bicyclic) bond motifs is 6. The number of ether oxygens (including phenoxy) is 2. The van der Waals surface area contributed by atoms with E-state index in [-0.39, 0.29) is 9.79 Å². The quantitative estimate of drug-likeness (QED) is 0.309. The van der Waals surface area contributed by atoms with Gasteiger partial charge in [-0.15, -0.1) is 0 Å². The molecule has 31 heavy (non-hydrogen) atoms. The van der Waals surface area contributed by atoms with Crippen molar-refractivity contribution in [1.29, 1.82) is 0 Å². The lowest BCUT2D eigenvalue weighted by atomic mass is 10.1. The summed E-state index contributed by atoms with van der Waals surface area (Å²) >= 11 is 0. The highest BCUT2D eigenvalue weighted by atomic mass is 32.2. The molecule has 0 atom stereocenters. The number of sulfone groups is 1. The van der Waals surface area contributed by atoms with Gasteiger partial charge in [-0.2, -0.15) is 0 Å². The average molecular weight is 424 g/mol. The highest BCUT2D eigenvalue weighted by Crippen LogP contribution is 2.52. The van der Waals surface area contributed by atoms with Crippen LogP contribution in [-0.4, -0.2) is 8.42 Å². The van der Waals surface area contributed by atoms with Crippen LogP contribution in [0, 0.1) is 0 Å². The van der Waals surface area contributed by atoms with Gasteiger partial charge in [0, 0.05) is 22.2 Å². The van der Waals surface area contributed by atoms with Crippen LogP contribution in [-0.2, 0) is 9.84 Å². The van der Waals surface area contributed by atoms with Gasteiger partial charge in [-0.05, 0) is 23.6 Å². The maximum absolute atomic E-state index is 13.5. The molecule has 0 bridgehead atoms. The Kier molecular flexibility index (Phi) is 3.82. The van der Waals surface area contributed by atoms with Crippen molar-refractivity contribution in [3.8, 4) is 23.0 Å². The minimum Gasteiger partial charge on any atom is -0.449 e. The van der Waals surface area contributed by atoms with Gasteiger partial charge in [0.15, 0.2) is 23.0 Å². The summed E-state index contributed by atoms with van der Waals surface area (Å²) < 4.78 is 39.4. The molecule has 0 aliphatic carbocycles. The molecule has 0 spiro atoms. The molecule has 5 heteroatoms. The fourth-order valence-corrected chi connectivity index (χ4v) is 5.55. The Morgan fingerprint density at radius 1 is 0.548 bits per heavy atom. The molecule has 150 valence electrons. The summed E-state index contributed by atoms with van der Waals surface area (Å²) in [6, 6.07) is 29.1. The summed E-state index contributed by atoms with van der Waals surface area (Å²) in [5.41, 5.74) is 0. The molecule has 0 saturated carbocycles. The summed E-state index contributed by atoms with van der Waals surface area (Å²) in [7, 11) is -3.75. The molecule has 0 radical (unpaired) electrons. The molecular formula is C26H16O4S. The van der Waals surface area contributed by atoms with E-state index in [0.717, 1.165) is 10.8 Å². The maximum Gasteiger partial charge on any atom is 0.207 e. The third-order valence-corrected chi connectivity index (χ3v) is 7.34. The van der Waals surface area contributed by atoms with Gasteiger partial charge in [-0.3, -0.25) is 0 Å². The minimum absolute atomic E-state index is 0.195. The van der Waals surface area contributed by atoms with E-state index in [0.29, 0.717) is 33.8 Å². The third-order valence-electron chi connectivity index (χ3n) is 5.53. The third kappa shape index (κ3) is 2.71. The van der Waals surface area contributed by atoms with Crippen LogP contribution in [0.1, 0.15) is 0 Å². The van der Waals surface area contributed by atoms with Gasteiger partial charge in [0.1, 0.15) is 0 Å². The molecule has 1 aliphatic heterocycles. The van der Waals surface area contributed by atoms with Crippen LogP contribution in [0.25, 0.3) is 21.5 Å². The Bertz CT molecular complexity index is 1590. The van der Waals surface area contributed by atoms with Gasteiger partial charge in [0.05, 0.1) is 9.79 Å². The lowest BCUT2D eigenvalue weighted by molar-refractivity contribution is 0.366. The van der Waals surface area contributed by atoms with Crippen LogP contribution in [0.2, 0.25) is 0 Å². The summed E-state index contributed by atoms with van der Waals surface area (Å²) in [5, 5.41) is 3.27. The molecule has 1 heterocycles. The maximum atomic E-state index is 13.5. The number of hydrogen-bond donors (Lipinski definition) is 0. The second kappa shape index (κ2) is 6.59. The van der Waals surface area contributed by atoms with Crippen LogP contribution in [0.3, 0.4) is 0 Å². The Labute approximate surface area is 179 Å². The van der Waals surface area contributed by atoms with Crippen molar-refractivity contribution in [2.24, 2.45) is 0 Å². The first-order valence-corrected chi connectivity index (χ1v) is 11.3. The number of rotatable bonds is 2. The molecule has 5 aromatic carbocycles. The van der Waals surface area contributed by atoms with E-state index in [4.69, 9.17) is 9.47 Å². The van der Waals surface area contributed by atoms with Crippen molar-refractivity contribution in [3.63, 3.8) is 0 Å². The zero-order valence-corrected chi connectivity index (χ0v) is 17.1. The van der Waals surface area contributed by atoms with E-state index in [1.165, 1.54) is 0 Å². The van der Waals surface area contributed by atoms with E-state index in [1.54, 1.807) is 42.5 Å². The van der Waals surface area contributed by atoms with Gasteiger partial charge in [0.2, 0.25) is 9.84 Å². The van der Waals surface area contributed by atoms with Crippen molar-refractivity contribution in [1.82, 2.24) is 0 Å². The van der Waals surface area contributed by atoms with Crippen molar-refractivity contribution >= 4 is 31.4 Å². The molecule has 6 rings (SSSR count). The van der Waals surface area contributed by atoms with Crippen LogP contribution in [0.15, 0.2) is 107 Å². The van der Waals surface area contributed by atoms with Gasteiger partial charge in [-0.25, -0.2) is 8.42 Å². The van der Waals surface area contributed by atoms with E-state index in [9.17, 15) is 8.42 Å². The smallest absolute Gasteiger partial charge is 0.207 e. The SMILES string of the molecule is O=S(=O)(c1ccccc1)c1cc2c(c3ccccc13)Oc1c(ccc3ccccc13)O2.